The topological polar surface area (TPSA) is 115 Å². The zero-order valence-corrected chi connectivity index (χ0v) is 11.4. The van der Waals surface area contributed by atoms with E-state index < -0.39 is 10.1 Å². The minimum Gasteiger partial charge on any atom is -0.744 e. The van der Waals surface area contributed by atoms with Crippen molar-refractivity contribution in [1.82, 2.24) is 5.32 Å². The first-order valence-corrected chi connectivity index (χ1v) is 6.77. The molecular weight excluding hydrogens is 270 g/mol. The molecular formula is C11H15N3O4S. The van der Waals surface area contributed by atoms with Crippen LogP contribution in [-0.4, -0.2) is 43.0 Å². The van der Waals surface area contributed by atoms with Crippen molar-refractivity contribution >= 4 is 22.0 Å². The molecule has 0 atom stereocenters. The van der Waals surface area contributed by atoms with E-state index in [1.165, 1.54) is 12.1 Å². The Morgan fingerprint density at radius 1 is 1.32 bits per heavy atom. The van der Waals surface area contributed by atoms with Gasteiger partial charge < -0.3 is 4.55 Å². The average Bonchev–Trinajstić information content (AvgIpc) is 2.56. The molecule has 7 nitrogen and oxygen atoms in total. The molecule has 19 heavy (non-hydrogen) atoms. The lowest BCUT2D eigenvalue weighted by molar-refractivity contribution is -0.480. The number of amides is 1. The summed E-state index contributed by atoms with van der Waals surface area (Å²) in [7, 11) is -2.51. The lowest BCUT2D eigenvalue weighted by Gasteiger charge is -2.05. The first-order valence-electron chi connectivity index (χ1n) is 5.36. The molecule has 2 rings (SSSR count). The second-order valence-electron chi connectivity index (χ2n) is 4.06. The molecule has 0 aliphatic carbocycles. The van der Waals surface area contributed by atoms with E-state index in [2.05, 4.69) is 5.32 Å². The van der Waals surface area contributed by atoms with Gasteiger partial charge in [-0.3, -0.25) is 15.1 Å². The number of hydrogen-bond donors (Lipinski definition) is 2. The van der Waals surface area contributed by atoms with Crippen molar-refractivity contribution in [1.29, 1.82) is 0 Å². The Morgan fingerprint density at radius 2 is 1.84 bits per heavy atom. The summed E-state index contributed by atoms with van der Waals surface area (Å²) in [6.45, 7) is 2.20. The Bertz CT molecular complexity index is 589. The van der Waals surface area contributed by atoms with Gasteiger partial charge in [-0.25, -0.2) is 13.7 Å². The lowest BCUT2D eigenvalue weighted by atomic mass is 10.2. The van der Waals surface area contributed by atoms with Crippen molar-refractivity contribution in [3.8, 4) is 0 Å². The van der Waals surface area contributed by atoms with Gasteiger partial charge in [-0.2, -0.15) is 0 Å². The number of guanidine groups is 1. The first-order chi connectivity index (χ1) is 8.70. The normalized spacial score (nSPS) is 14.8. The number of rotatable bonds is 1. The monoisotopic (exact) mass is 285 g/mol. The zero-order valence-electron chi connectivity index (χ0n) is 10.6. The van der Waals surface area contributed by atoms with Crippen molar-refractivity contribution in [2.75, 3.05) is 13.6 Å². The summed E-state index contributed by atoms with van der Waals surface area (Å²) in [5, 5.41) is 2.45. The smallest absolute Gasteiger partial charge is 0.351 e. The maximum absolute atomic E-state index is 10.4. The molecule has 0 aromatic heterocycles. The molecule has 1 amide bonds. The highest BCUT2D eigenvalue weighted by Gasteiger charge is 2.20. The quantitative estimate of drug-likeness (QED) is 0.506. The fourth-order valence-corrected chi connectivity index (χ4v) is 1.75. The van der Waals surface area contributed by atoms with Gasteiger partial charge in [0.25, 0.3) is 0 Å². The Labute approximate surface area is 111 Å². The predicted molar refractivity (Wildman–Crippen MR) is 67.5 cm³/mol. The lowest BCUT2D eigenvalue weighted by Crippen LogP contribution is -2.32. The molecule has 0 radical (unpaired) electrons. The van der Waals surface area contributed by atoms with Crippen LogP contribution in [0.1, 0.15) is 5.56 Å². The van der Waals surface area contributed by atoms with E-state index in [9.17, 15) is 17.8 Å². The van der Waals surface area contributed by atoms with Crippen LogP contribution in [0, 0.1) is 6.92 Å². The Balaban J connectivity index is 0.000000200. The average molecular weight is 285 g/mol. The van der Waals surface area contributed by atoms with E-state index in [0.29, 0.717) is 12.5 Å². The van der Waals surface area contributed by atoms with Crippen molar-refractivity contribution in [3.63, 3.8) is 0 Å². The van der Waals surface area contributed by atoms with Gasteiger partial charge in [0.1, 0.15) is 10.1 Å². The highest BCUT2D eigenvalue weighted by Crippen LogP contribution is 2.08. The van der Waals surface area contributed by atoms with E-state index >= 15 is 0 Å². The predicted octanol–water partition coefficient (Wildman–Crippen LogP) is -1.03. The van der Waals surface area contributed by atoms with Gasteiger partial charge >= 0.3 is 11.9 Å². The van der Waals surface area contributed by atoms with Crippen LogP contribution in [0.4, 0.5) is 0 Å². The van der Waals surface area contributed by atoms with E-state index in [-0.39, 0.29) is 10.8 Å². The van der Waals surface area contributed by atoms with Crippen LogP contribution in [0.15, 0.2) is 29.2 Å². The Morgan fingerprint density at radius 3 is 2.11 bits per heavy atom. The molecule has 0 fully saturated rings. The van der Waals surface area contributed by atoms with E-state index in [1.54, 1.807) is 23.8 Å². The van der Waals surface area contributed by atoms with E-state index in [0.717, 1.165) is 5.56 Å². The van der Waals surface area contributed by atoms with Gasteiger partial charge in [-0.05, 0) is 19.1 Å². The summed E-state index contributed by atoms with van der Waals surface area (Å²) in [6, 6.07) is 5.78. The molecule has 1 aromatic rings. The minimum atomic E-state index is -4.27. The summed E-state index contributed by atoms with van der Waals surface area (Å²) in [5.74, 6) is 0.403. The molecule has 0 saturated heterocycles. The van der Waals surface area contributed by atoms with Crippen molar-refractivity contribution in [2.24, 2.45) is 5.73 Å². The first kappa shape index (κ1) is 15.1. The number of hydrogen-bond acceptors (Lipinski definition) is 5. The van der Waals surface area contributed by atoms with Crippen molar-refractivity contribution in [2.45, 2.75) is 11.8 Å². The Kier molecular flexibility index (Phi) is 4.62. The summed E-state index contributed by atoms with van der Waals surface area (Å²) in [4.78, 5) is 10.2. The molecule has 1 heterocycles. The molecule has 1 aliphatic rings. The molecule has 0 saturated carbocycles. The molecule has 3 N–H and O–H groups in total. The van der Waals surface area contributed by atoms with Crippen LogP contribution < -0.4 is 11.1 Å². The van der Waals surface area contributed by atoms with Gasteiger partial charge in [0.05, 0.1) is 11.9 Å². The number of carbonyl (C=O) groups excluding carboxylic acids is 1. The number of likely N-dealkylation sites (N-methyl/N-ethyl adjacent to an activating group) is 1. The van der Waals surface area contributed by atoms with Gasteiger partial charge in [0.2, 0.25) is 0 Å². The standard InChI is InChI=1S/C7H8O3S.C4H7N3O/c1-6-2-4-7(5-3-6)11(8,9)10;1-7-2-3(8)6-4(7)5/h2-5H,1H3,(H,8,9,10);2H2,1H3,(H2,5,6,8). The number of nitrogens with one attached hydrogen (secondary N) is 1. The van der Waals surface area contributed by atoms with Gasteiger partial charge in [-0.15, -0.1) is 0 Å². The number of nitrogens with zero attached hydrogens (tertiary/aromatic N) is 1. The molecule has 1 aliphatic heterocycles. The van der Waals surface area contributed by atoms with Crippen LogP contribution >= 0.6 is 0 Å². The SMILES string of the molecule is C[N+]1=C(N)NC(=O)C1.Cc1ccc(S(=O)(=O)[O-])cc1. The fraction of sp³-hybridized carbons (Fsp3) is 0.273. The van der Waals surface area contributed by atoms with Crippen LogP contribution in [0.2, 0.25) is 0 Å². The van der Waals surface area contributed by atoms with Crippen LogP contribution in [0.5, 0.6) is 0 Å². The molecule has 0 unspecified atom stereocenters. The zero-order chi connectivity index (χ0) is 14.6. The number of aryl methyl sites for hydroxylation is 1. The van der Waals surface area contributed by atoms with Crippen LogP contribution in [0.25, 0.3) is 0 Å². The maximum Gasteiger partial charge on any atom is 0.351 e. The maximum atomic E-state index is 10.4. The molecule has 0 bridgehead atoms. The number of carbonyl (C=O) groups is 1. The van der Waals surface area contributed by atoms with Crippen molar-refractivity contribution in [3.05, 3.63) is 29.8 Å². The molecule has 1 aromatic carbocycles. The van der Waals surface area contributed by atoms with Gasteiger partial charge in [-0.1, -0.05) is 17.7 Å². The largest absolute Gasteiger partial charge is 0.744 e. The molecule has 0 spiro atoms. The third kappa shape index (κ3) is 4.68. The Hall–Kier alpha value is -1.93. The third-order valence-electron chi connectivity index (χ3n) is 2.37. The highest BCUT2D eigenvalue weighted by atomic mass is 32.2. The number of benzene rings is 1. The van der Waals surface area contributed by atoms with Crippen LogP contribution in [0.3, 0.4) is 0 Å². The third-order valence-corrected chi connectivity index (χ3v) is 3.22. The van der Waals surface area contributed by atoms with E-state index in [1.807, 2.05) is 6.92 Å². The van der Waals surface area contributed by atoms with Gasteiger partial charge in [0.15, 0.2) is 6.54 Å². The minimum absolute atomic E-state index is 0.0370. The van der Waals surface area contributed by atoms with Crippen molar-refractivity contribution < 1.29 is 22.3 Å². The molecule has 104 valence electrons. The van der Waals surface area contributed by atoms with E-state index in [4.69, 9.17) is 5.73 Å². The van der Waals surface area contributed by atoms with Crippen LogP contribution in [-0.2, 0) is 14.9 Å². The second-order valence-corrected chi connectivity index (χ2v) is 5.44. The summed E-state index contributed by atoms with van der Waals surface area (Å²) in [6.07, 6.45) is 0. The second kappa shape index (κ2) is 5.81. The summed E-state index contributed by atoms with van der Waals surface area (Å²) in [5.41, 5.74) is 6.21. The fourth-order valence-electron chi connectivity index (χ4n) is 1.28. The highest BCUT2D eigenvalue weighted by molar-refractivity contribution is 7.85. The summed E-state index contributed by atoms with van der Waals surface area (Å²) >= 11 is 0. The molecule has 8 heteroatoms. The summed E-state index contributed by atoms with van der Waals surface area (Å²) < 4.78 is 32.8. The van der Waals surface area contributed by atoms with Gasteiger partial charge in [0, 0.05) is 0 Å². The number of nitrogens with two attached hydrogens (primary N) is 1.